The lowest BCUT2D eigenvalue weighted by Gasteiger charge is -2.14. The molecule has 1 N–H and O–H groups in total. The zero-order valence-corrected chi connectivity index (χ0v) is 11.5. The van der Waals surface area contributed by atoms with Gasteiger partial charge in [0.15, 0.2) is 0 Å². The first kappa shape index (κ1) is 13.1. The summed E-state index contributed by atoms with van der Waals surface area (Å²) in [6.45, 7) is 0. The number of nitrogens with zero attached hydrogens (tertiary/aromatic N) is 2. The van der Waals surface area contributed by atoms with Gasteiger partial charge in [0.05, 0.1) is 6.04 Å². The van der Waals surface area contributed by atoms with E-state index in [2.05, 4.69) is 31.2 Å². The van der Waals surface area contributed by atoms with Crippen LogP contribution < -0.4 is 5.32 Å². The van der Waals surface area contributed by atoms with Crippen molar-refractivity contribution in [2.45, 2.75) is 12.5 Å². The summed E-state index contributed by atoms with van der Waals surface area (Å²) in [6.07, 6.45) is 4.04. The first-order chi connectivity index (χ1) is 8.69. The van der Waals surface area contributed by atoms with Crippen molar-refractivity contribution >= 4 is 15.9 Å². The molecule has 1 unspecified atom stereocenters. The van der Waals surface area contributed by atoms with E-state index in [9.17, 15) is 4.39 Å². The van der Waals surface area contributed by atoms with Crippen LogP contribution in [0.3, 0.4) is 0 Å². The Hall–Kier alpha value is -1.33. The van der Waals surface area contributed by atoms with E-state index in [-0.39, 0.29) is 11.9 Å². The minimum Gasteiger partial charge on any atom is -0.310 e. The van der Waals surface area contributed by atoms with Crippen LogP contribution in [0, 0.1) is 5.82 Å². The molecule has 0 saturated heterocycles. The molecule has 0 amide bonds. The monoisotopic (exact) mass is 309 g/mol. The molecule has 0 saturated carbocycles. The second kappa shape index (κ2) is 6.02. The Morgan fingerprint density at radius 3 is 2.61 bits per heavy atom. The third kappa shape index (κ3) is 3.34. The zero-order valence-electron chi connectivity index (χ0n) is 9.90. The van der Waals surface area contributed by atoms with Gasteiger partial charge in [-0.3, -0.25) is 0 Å². The topological polar surface area (TPSA) is 37.8 Å². The molecule has 1 aromatic heterocycles. The highest BCUT2D eigenvalue weighted by atomic mass is 79.9. The molecule has 1 aromatic carbocycles. The Kier molecular flexibility index (Phi) is 4.38. The SMILES string of the molecule is CNC(Cc1cc(F)cc(Br)c1)c1ncccn1. The highest BCUT2D eigenvalue weighted by Crippen LogP contribution is 2.19. The highest BCUT2D eigenvalue weighted by molar-refractivity contribution is 9.10. The lowest BCUT2D eigenvalue weighted by molar-refractivity contribution is 0.553. The molecule has 1 atom stereocenters. The maximum Gasteiger partial charge on any atom is 0.145 e. The number of rotatable bonds is 4. The van der Waals surface area contributed by atoms with Gasteiger partial charge in [0.1, 0.15) is 11.6 Å². The van der Waals surface area contributed by atoms with Gasteiger partial charge < -0.3 is 5.32 Å². The molecule has 94 valence electrons. The summed E-state index contributed by atoms with van der Waals surface area (Å²) in [5.41, 5.74) is 0.897. The van der Waals surface area contributed by atoms with Crippen molar-refractivity contribution < 1.29 is 4.39 Å². The number of halogens is 2. The van der Waals surface area contributed by atoms with Crippen molar-refractivity contribution in [2.75, 3.05) is 7.05 Å². The maximum atomic E-state index is 13.3. The summed E-state index contributed by atoms with van der Waals surface area (Å²) < 4.78 is 14.0. The van der Waals surface area contributed by atoms with E-state index < -0.39 is 0 Å². The van der Waals surface area contributed by atoms with Crippen LogP contribution in [-0.2, 0) is 6.42 Å². The van der Waals surface area contributed by atoms with Gasteiger partial charge >= 0.3 is 0 Å². The van der Waals surface area contributed by atoms with Crippen molar-refractivity contribution in [3.63, 3.8) is 0 Å². The molecule has 0 aliphatic rings. The van der Waals surface area contributed by atoms with Gasteiger partial charge in [-0.05, 0) is 43.3 Å². The van der Waals surface area contributed by atoms with E-state index in [0.717, 1.165) is 10.0 Å². The highest BCUT2D eigenvalue weighted by Gasteiger charge is 2.13. The van der Waals surface area contributed by atoms with Crippen LogP contribution >= 0.6 is 15.9 Å². The molecule has 3 nitrogen and oxygen atoms in total. The second-order valence-electron chi connectivity index (χ2n) is 3.93. The number of likely N-dealkylation sites (N-methyl/N-ethyl adjacent to an activating group) is 1. The minimum absolute atomic E-state index is 0.0279. The summed E-state index contributed by atoms with van der Waals surface area (Å²) in [6, 6.07) is 6.61. The fourth-order valence-electron chi connectivity index (χ4n) is 1.78. The van der Waals surface area contributed by atoms with Crippen molar-refractivity contribution in [2.24, 2.45) is 0 Å². The van der Waals surface area contributed by atoms with Gasteiger partial charge in [-0.1, -0.05) is 15.9 Å². The number of benzene rings is 1. The Morgan fingerprint density at radius 2 is 2.00 bits per heavy atom. The Morgan fingerprint density at radius 1 is 1.28 bits per heavy atom. The van der Waals surface area contributed by atoms with Crippen molar-refractivity contribution in [1.29, 1.82) is 0 Å². The summed E-state index contributed by atoms with van der Waals surface area (Å²) >= 11 is 3.29. The number of aromatic nitrogens is 2. The number of nitrogens with one attached hydrogen (secondary N) is 1. The Labute approximate surface area is 114 Å². The summed E-state index contributed by atoms with van der Waals surface area (Å²) in [5, 5.41) is 3.14. The molecular weight excluding hydrogens is 297 g/mol. The fourth-order valence-corrected chi connectivity index (χ4v) is 2.29. The Bertz CT molecular complexity index is 499. The molecule has 0 bridgehead atoms. The molecule has 0 fully saturated rings. The average molecular weight is 310 g/mol. The lowest BCUT2D eigenvalue weighted by Crippen LogP contribution is -2.21. The largest absolute Gasteiger partial charge is 0.310 e. The van der Waals surface area contributed by atoms with E-state index >= 15 is 0 Å². The van der Waals surface area contributed by atoms with Gasteiger partial charge in [0.25, 0.3) is 0 Å². The van der Waals surface area contributed by atoms with Crippen molar-refractivity contribution in [3.8, 4) is 0 Å². The maximum absolute atomic E-state index is 13.3. The first-order valence-electron chi connectivity index (χ1n) is 5.58. The second-order valence-corrected chi connectivity index (χ2v) is 4.85. The van der Waals surface area contributed by atoms with Gasteiger partial charge in [0, 0.05) is 16.9 Å². The fraction of sp³-hybridized carbons (Fsp3) is 0.231. The number of hydrogen-bond donors (Lipinski definition) is 1. The first-order valence-corrected chi connectivity index (χ1v) is 6.37. The molecule has 2 aromatic rings. The molecule has 0 aliphatic heterocycles. The van der Waals surface area contributed by atoms with Crippen LogP contribution in [0.15, 0.2) is 41.1 Å². The smallest absolute Gasteiger partial charge is 0.145 e. The van der Waals surface area contributed by atoms with Crippen LogP contribution in [0.25, 0.3) is 0 Å². The van der Waals surface area contributed by atoms with Crippen molar-refractivity contribution in [1.82, 2.24) is 15.3 Å². The molecule has 0 radical (unpaired) electrons. The van der Waals surface area contributed by atoms with E-state index in [1.54, 1.807) is 18.5 Å². The predicted molar refractivity (Wildman–Crippen MR) is 71.6 cm³/mol. The Balaban J connectivity index is 2.20. The van der Waals surface area contributed by atoms with Crippen LogP contribution in [0.5, 0.6) is 0 Å². The van der Waals surface area contributed by atoms with Gasteiger partial charge in [-0.25, -0.2) is 14.4 Å². The van der Waals surface area contributed by atoms with E-state index in [0.29, 0.717) is 12.2 Å². The summed E-state index contributed by atoms with van der Waals surface area (Å²) in [5.74, 6) is 0.462. The molecular formula is C13H13BrFN3. The summed E-state index contributed by atoms with van der Waals surface area (Å²) in [7, 11) is 1.84. The van der Waals surface area contributed by atoms with Gasteiger partial charge in [0.2, 0.25) is 0 Å². The van der Waals surface area contributed by atoms with Gasteiger partial charge in [-0.2, -0.15) is 0 Å². The van der Waals surface area contributed by atoms with E-state index in [1.807, 2.05) is 13.1 Å². The molecule has 0 spiro atoms. The molecule has 1 heterocycles. The van der Waals surface area contributed by atoms with Crippen LogP contribution in [-0.4, -0.2) is 17.0 Å². The summed E-state index contributed by atoms with van der Waals surface area (Å²) in [4.78, 5) is 8.42. The molecule has 5 heteroatoms. The van der Waals surface area contributed by atoms with E-state index in [4.69, 9.17) is 0 Å². The lowest BCUT2D eigenvalue weighted by atomic mass is 10.1. The minimum atomic E-state index is -0.247. The quantitative estimate of drug-likeness (QED) is 0.943. The number of hydrogen-bond acceptors (Lipinski definition) is 3. The van der Waals surface area contributed by atoms with E-state index in [1.165, 1.54) is 12.1 Å². The van der Waals surface area contributed by atoms with Crippen LogP contribution in [0.4, 0.5) is 4.39 Å². The molecule has 18 heavy (non-hydrogen) atoms. The standard InChI is InChI=1S/C13H13BrFN3/c1-16-12(13-17-3-2-4-18-13)7-9-5-10(14)8-11(15)6-9/h2-6,8,12,16H,7H2,1H3. The van der Waals surface area contributed by atoms with Crippen LogP contribution in [0.1, 0.15) is 17.4 Å². The molecule has 0 aliphatic carbocycles. The normalized spacial score (nSPS) is 12.4. The van der Waals surface area contributed by atoms with Crippen LogP contribution in [0.2, 0.25) is 0 Å². The predicted octanol–water partition coefficient (Wildman–Crippen LogP) is 2.88. The third-order valence-electron chi connectivity index (χ3n) is 2.61. The third-order valence-corrected chi connectivity index (χ3v) is 3.07. The molecule has 2 rings (SSSR count). The zero-order chi connectivity index (χ0) is 13.0. The average Bonchev–Trinajstić information content (AvgIpc) is 2.36. The van der Waals surface area contributed by atoms with Crippen molar-refractivity contribution in [3.05, 3.63) is 58.3 Å². The van der Waals surface area contributed by atoms with Gasteiger partial charge in [-0.15, -0.1) is 0 Å².